The van der Waals surface area contributed by atoms with Crippen molar-refractivity contribution in [3.05, 3.63) is 40.1 Å². The van der Waals surface area contributed by atoms with Crippen LogP contribution in [0.15, 0.2) is 23.1 Å². The Kier molecular flexibility index (Phi) is 2.58. The molecule has 0 fully saturated rings. The molecule has 0 spiro atoms. The van der Waals surface area contributed by atoms with Crippen LogP contribution in [-0.4, -0.2) is 15.0 Å². The van der Waals surface area contributed by atoms with Gasteiger partial charge < -0.3 is 9.97 Å². The lowest BCUT2D eigenvalue weighted by atomic mass is 9.82. The van der Waals surface area contributed by atoms with Gasteiger partial charge in [0.2, 0.25) is 5.56 Å². The highest BCUT2D eigenvalue weighted by molar-refractivity contribution is 5.54. The number of hydrogen-bond acceptors (Lipinski definition) is 2. The van der Waals surface area contributed by atoms with E-state index >= 15 is 0 Å². The molecular formula is C14H17N3O. The molecule has 0 amide bonds. The molecule has 94 valence electrons. The van der Waals surface area contributed by atoms with Crippen molar-refractivity contribution >= 4 is 0 Å². The predicted octanol–water partition coefficient (Wildman–Crippen LogP) is 2.14. The van der Waals surface area contributed by atoms with Gasteiger partial charge in [-0.2, -0.15) is 0 Å². The number of nitrogens with zero attached hydrogens (tertiary/aromatic N) is 1. The Morgan fingerprint density at radius 3 is 2.72 bits per heavy atom. The minimum absolute atomic E-state index is 0.0858. The fourth-order valence-corrected chi connectivity index (χ4v) is 2.51. The Balaban J connectivity index is 1.98. The second-order valence-electron chi connectivity index (χ2n) is 5.32. The van der Waals surface area contributed by atoms with Crippen molar-refractivity contribution in [1.29, 1.82) is 0 Å². The van der Waals surface area contributed by atoms with Crippen molar-refractivity contribution in [2.24, 2.45) is 11.8 Å². The van der Waals surface area contributed by atoms with Gasteiger partial charge in [-0.25, -0.2) is 4.98 Å². The maximum absolute atomic E-state index is 11.0. The maximum atomic E-state index is 11.0. The van der Waals surface area contributed by atoms with E-state index in [4.69, 9.17) is 0 Å². The Labute approximate surface area is 105 Å². The molecule has 0 bridgehead atoms. The number of aromatic amines is 2. The molecule has 1 aliphatic rings. The second-order valence-corrected chi connectivity index (χ2v) is 5.32. The molecule has 2 aromatic heterocycles. The van der Waals surface area contributed by atoms with E-state index in [0.717, 1.165) is 24.2 Å². The highest BCUT2D eigenvalue weighted by Gasteiger charge is 2.25. The van der Waals surface area contributed by atoms with Crippen LogP contribution in [0.2, 0.25) is 0 Å². The molecule has 0 aliphatic heterocycles. The van der Waals surface area contributed by atoms with Crippen LogP contribution >= 0.6 is 0 Å². The molecule has 3 rings (SSSR count). The molecule has 4 heteroatoms. The van der Waals surface area contributed by atoms with Gasteiger partial charge in [0, 0.05) is 23.5 Å². The summed E-state index contributed by atoms with van der Waals surface area (Å²) in [6.07, 6.45) is 3.81. The molecule has 0 aromatic carbocycles. The summed E-state index contributed by atoms with van der Waals surface area (Å²) in [6, 6.07) is 3.33. The molecule has 2 heterocycles. The molecular weight excluding hydrogens is 226 g/mol. The number of hydrogen-bond donors (Lipinski definition) is 2. The molecule has 2 N–H and O–H groups in total. The number of aromatic nitrogens is 3. The average molecular weight is 243 g/mol. The van der Waals surface area contributed by atoms with Gasteiger partial charge in [0.15, 0.2) is 0 Å². The van der Waals surface area contributed by atoms with E-state index in [0.29, 0.717) is 11.8 Å². The monoisotopic (exact) mass is 243 g/mol. The Bertz CT molecular complexity index is 578. The first kappa shape index (κ1) is 11.3. The largest absolute Gasteiger partial charge is 0.342 e. The highest BCUT2D eigenvalue weighted by Crippen LogP contribution is 2.30. The van der Waals surface area contributed by atoms with Gasteiger partial charge in [0.1, 0.15) is 5.82 Å². The number of H-pyrrole nitrogens is 2. The summed E-state index contributed by atoms with van der Waals surface area (Å²) in [5.74, 6) is 2.24. The fourth-order valence-electron chi connectivity index (χ4n) is 2.51. The van der Waals surface area contributed by atoms with Gasteiger partial charge in [-0.05, 0) is 30.7 Å². The van der Waals surface area contributed by atoms with Crippen LogP contribution in [0.4, 0.5) is 0 Å². The van der Waals surface area contributed by atoms with E-state index in [1.165, 1.54) is 17.5 Å². The van der Waals surface area contributed by atoms with E-state index in [1.54, 1.807) is 12.3 Å². The standard InChI is InChI=1S/C14H17N3O/c1-8-5-11-12(6-9(8)2)17-14(16-11)10-3-4-13(18)15-7-10/h3-4,7-9H,5-6H2,1-2H3,(H,15,18)(H,16,17). The molecule has 2 aromatic rings. The number of fused-ring (bicyclic) bond motifs is 1. The van der Waals surface area contributed by atoms with Gasteiger partial charge in [-0.15, -0.1) is 0 Å². The fraction of sp³-hybridized carbons (Fsp3) is 0.429. The molecule has 4 nitrogen and oxygen atoms in total. The maximum Gasteiger partial charge on any atom is 0.247 e. The smallest absolute Gasteiger partial charge is 0.247 e. The van der Waals surface area contributed by atoms with E-state index in [1.807, 2.05) is 0 Å². The molecule has 0 saturated carbocycles. The van der Waals surface area contributed by atoms with Crippen molar-refractivity contribution in [3.8, 4) is 11.4 Å². The first-order valence-electron chi connectivity index (χ1n) is 6.40. The zero-order valence-electron chi connectivity index (χ0n) is 10.7. The average Bonchev–Trinajstić information content (AvgIpc) is 2.73. The Morgan fingerprint density at radius 1 is 1.22 bits per heavy atom. The number of imidazole rings is 1. The van der Waals surface area contributed by atoms with Crippen LogP contribution in [0, 0.1) is 11.8 Å². The van der Waals surface area contributed by atoms with Crippen LogP contribution in [0.3, 0.4) is 0 Å². The normalized spacial score (nSPS) is 22.8. The van der Waals surface area contributed by atoms with Crippen LogP contribution < -0.4 is 5.56 Å². The van der Waals surface area contributed by atoms with Crippen molar-refractivity contribution in [2.75, 3.05) is 0 Å². The van der Waals surface area contributed by atoms with Gasteiger partial charge >= 0.3 is 0 Å². The summed E-state index contributed by atoms with van der Waals surface area (Å²) in [7, 11) is 0. The predicted molar refractivity (Wildman–Crippen MR) is 70.4 cm³/mol. The summed E-state index contributed by atoms with van der Waals surface area (Å²) in [4.78, 5) is 21.8. The quantitative estimate of drug-likeness (QED) is 0.806. The summed E-state index contributed by atoms with van der Waals surface area (Å²) in [5, 5.41) is 0. The zero-order valence-corrected chi connectivity index (χ0v) is 10.7. The Morgan fingerprint density at radius 2 is 2.00 bits per heavy atom. The SMILES string of the molecule is CC1Cc2nc(-c3ccc(=O)[nH]c3)[nH]c2CC1C. The number of pyridine rings is 1. The van der Waals surface area contributed by atoms with E-state index in [9.17, 15) is 4.79 Å². The van der Waals surface area contributed by atoms with Gasteiger partial charge in [0.05, 0.1) is 5.69 Å². The second kappa shape index (κ2) is 4.12. The summed E-state index contributed by atoms with van der Waals surface area (Å²) in [5.41, 5.74) is 3.28. The van der Waals surface area contributed by atoms with Crippen molar-refractivity contribution in [2.45, 2.75) is 26.7 Å². The number of rotatable bonds is 1. The summed E-state index contributed by atoms with van der Waals surface area (Å²) in [6.45, 7) is 4.57. The zero-order chi connectivity index (χ0) is 12.7. The van der Waals surface area contributed by atoms with Crippen LogP contribution in [0.1, 0.15) is 25.2 Å². The lowest BCUT2D eigenvalue weighted by Crippen LogP contribution is -2.20. The van der Waals surface area contributed by atoms with Gasteiger partial charge in [-0.3, -0.25) is 4.79 Å². The number of nitrogens with one attached hydrogen (secondary N) is 2. The lowest BCUT2D eigenvalue weighted by Gasteiger charge is -2.24. The third-order valence-corrected chi connectivity index (χ3v) is 3.93. The minimum atomic E-state index is -0.0858. The Hall–Kier alpha value is -1.84. The van der Waals surface area contributed by atoms with E-state index in [-0.39, 0.29) is 5.56 Å². The van der Waals surface area contributed by atoms with Crippen molar-refractivity contribution < 1.29 is 0 Å². The summed E-state index contributed by atoms with van der Waals surface area (Å²) >= 11 is 0. The van der Waals surface area contributed by atoms with Crippen LogP contribution in [0.5, 0.6) is 0 Å². The molecule has 18 heavy (non-hydrogen) atoms. The first-order chi connectivity index (χ1) is 8.63. The molecule has 2 unspecified atom stereocenters. The van der Waals surface area contributed by atoms with Crippen molar-refractivity contribution in [1.82, 2.24) is 15.0 Å². The lowest BCUT2D eigenvalue weighted by molar-refractivity contribution is 0.355. The van der Waals surface area contributed by atoms with Crippen LogP contribution in [-0.2, 0) is 12.8 Å². The third kappa shape index (κ3) is 1.88. The van der Waals surface area contributed by atoms with Crippen molar-refractivity contribution in [3.63, 3.8) is 0 Å². The summed E-state index contributed by atoms with van der Waals surface area (Å²) < 4.78 is 0. The molecule has 1 aliphatic carbocycles. The minimum Gasteiger partial charge on any atom is -0.342 e. The van der Waals surface area contributed by atoms with Gasteiger partial charge in [0.25, 0.3) is 0 Å². The third-order valence-electron chi connectivity index (χ3n) is 3.93. The van der Waals surface area contributed by atoms with Crippen LogP contribution in [0.25, 0.3) is 11.4 Å². The topological polar surface area (TPSA) is 61.5 Å². The van der Waals surface area contributed by atoms with E-state index in [2.05, 4.69) is 28.8 Å². The molecule has 2 atom stereocenters. The highest BCUT2D eigenvalue weighted by atomic mass is 16.1. The van der Waals surface area contributed by atoms with Gasteiger partial charge in [-0.1, -0.05) is 13.8 Å². The van der Waals surface area contributed by atoms with E-state index < -0.39 is 0 Å². The molecule has 0 radical (unpaired) electrons. The first-order valence-corrected chi connectivity index (χ1v) is 6.40. The molecule has 0 saturated heterocycles.